The Morgan fingerprint density at radius 2 is 2.04 bits per heavy atom. The molecule has 0 saturated heterocycles. The fourth-order valence-electron chi connectivity index (χ4n) is 3.16. The molecule has 3 aromatic rings. The zero-order valence-electron chi connectivity index (χ0n) is 14.1. The van der Waals surface area contributed by atoms with Crippen molar-refractivity contribution in [2.24, 2.45) is 4.99 Å². The second kappa shape index (κ2) is 6.51. The Hall–Kier alpha value is -3.19. The van der Waals surface area contributed by atoms with Crippen LogP contribution < -0.4 is 5.69 Å². The van der Waals surface area contributed by atoms with Gasteiger partial charge in [-0.15, -0.1) is 0 Å². The van der Waals surface area contributed by atoms with Crippen LogP contribution in [0.25, 0.3) is 5.69 Å². The topological polar surface area (TPSA) is 76.5 Å². The number of halogens is 2. The summed E-state index contributed by atoms with van der Waals surface area (Å²) in [5, 5.41) is 0.415. The normalized spacial score (nSPS) is 12.6. The van der Waals surface area contributed by atoms with E-state index in [-0.39, 0.29) is 17.8 Å². The molecule has 0 aliphatic carbocycles. The van der Waals surface area contributed by atoms with Crippen molar-refractivity contribution in [3.63, 3.8) is 0 Å². The largest absolute Gasteiger partial charge is 0.464 e. The number of methoxy groups -OCH3 is 1. The van der Waals surface area contributed by atoms with Crippen LogP contribution in [0.2, 0.25) is 5.02 Å². The minimum absolute atomic E-state index is 0.0147. The third kappa shape index (κ3) is 2.76. The molecule has 136 valence electrons. The molecule has 6 nitrogen and oxygen atoms in total. The van der Waals surface area contributed by atoms with E-state index in [2.05, 4.69) is 9.98 Å². The number of fused-ring (bicyclic) bond motifs is 3. The lowest BCUT2D eigenvalue weighted by Crippen LogP contribution is -2.18. The van der Waals surface area contributed by atoms with Crippen LogP contribution in [0.4, 0.5) is 4.39 Å². The summed E-state index contributed by atoms with van der Waals surface area (Å²) in [5.41, 5.74) is 1.41. The number of H-pyrrole nitrogens is 1. The zero-order chi connectivity index (χ0) is 19.1. The highest BCUT2D eigenvalue weighted by molar-refractivity contribution is 6.31. The number of aromatic amines is 1. The monoisotopic (exact) mass is 385 g/mol. The van der Waals surface area contributed by atoms with Crippen LogP contribution in [0.5, 0.6) is 0 Å². The maximum atomic E-state index is 14.4. The fourth-order valence-corrected chi connectivity index (χ4v) is 3.33. The molecular formula is C19H13ClFN3O3. The van der Waals surface area contributed by atoms with Gasteiger partial charge in [0.2, 0.25) is 0 Å². The van der Waals surface area contributed by atoms with E-state index in [1.54, 1.807) is 36.4 Å². The predicted octanol–water partition coefficient (Wildman–Crippen LogP) is 3.10. The van der Waals surface area contributed by atoms with Crippen LogP contribution in [0.1, 0.15) is 27.3 Å². The number of hydrogen-bond donors (Lipinski definition) is 1. The molecule has 1 aliphatic rings. The number of esters is 1. The van der Waals surface area contributed by atoms with Gasteiger partial charge in [-0.05, 0) is 30.3 Å². The smallest absolute Gasteiger partial charge is 0.356 e. The van der Waals surface area contributed by atoms with Crippen LogP contribution in [-0.4, -0.2) is 28.3 Å². The highest BCUT2D eigenvalue weighted by Crippen LogP contribution is 2.28. The third-order valence-electron chi connectivity index (χ3n) is 4.35. The molecule has 0 atom stereocenters. The minimum Gasteiger partial charge on any atom is -0.464 e. The number of imidazole rings is 1. The van der Waals surface area contributed by atoms with E-state index in [0.717, 1.165) is 0 Å². The number of aliphatic imine (C=N–C) groups is 1. The Morgan fingerprint density at radius 3 is 2.78 bits per heavy atom. The molecule has 0 amide bonds. The van der Waals surface area contributed by atoms with E-state index in [1.807, 2.05) is 0 Å². The Balaban J connectivity index is 2.04. The number of aromatic nitrogens is 2. The first kappa shape index (κ1) is 17.2. The number of nitrogens with zero attached hydrogens (tertiary/aromatic N) is 2. The minimum atomic E-state index is -0.680. The molecule has 0 radical (unpaired) electrons. The summed E-state index contributed by atoms with van der Waals surface area (Å²) in [6.07, 6.45) is 0. The Morgan fingerprint density at radius 1 is 1.26 bits per heavy atom. The number of hydrogen-bond acceptors (Lipinski definition) is 4. The molecule has 0 saturated carbocycles. The Kier molecular flexibility index (Phi) is 4.16. The lowest BCUT2D eigenvalue weighted by molar-refractivity contribution is 0.0593. The van der Waals surface area contributed by atoms with Gasteiger partial charge in [-0.3, -0.25) is 14.5 Å². The van der Waals surface area contributed by atoms with E-state index >= 15 is 0 Å². The van der Waals surface area contributed by atoms with Gasteiger partial charge in [0.05, 0.1) is 30.7 Å². The third-order valence-corrected chi connectivity index (χ3v) is 4.59. The summed E-state index contributed by atoms with van der Waals surface area (Å²) >= 11 is 6.15. The van der Waals surface area contributed by atoms with Gasteiger partial charge in [0.1, 0.15) is 5.82 Å². The van der Waals surface area contributed by atoms with Crippen molar-refractivity contribution in [1.29, 1.82) is 0 Å². The van der Waals surface area contributed by atoms with Crippen molar-refractivity contribution in [2.75, 3.05) is 7.11 Å². The van der Waals surface area contributed by atoms with Crippen molar-refractivity contribution >= 4 is 23.3 Å². The highest BCUT2D eigenvalue weighted by Gasteiger charge is 2.27. The van der Waals surface area contributed by atoms with Crippen LogP contribution in [-0.2, 0) is 11.3 Å². The van der Waals surface area contributed by atoms with Gasteiger partial charge in [0, 0.05) is 16.1 Å². The van der Waals surface area contributed by atoms with Gasteiger partial charge in [-0.1, -0.05) is 23.7 Å². The molecule has 1 N–H and O–H groups in total. The first-order chi connectivity index (χ1) is 13.0. The molecule has 0 unspecified atom stereocenters. The van der Waals surface area contributed by atoms with E-state index < -0.39 is 17.5 Å². The quantitative estimate of drug-likeness (QED) is 0.689. The molecule has 1 aromatic heterocycles. The van der Waals surface area contributed by atoms with Gasteiger partial charge in [-0.2, -0.15) is 0 Å². The predicted molar refractivity (Wildman–Crippen MR) is 98.5 cm³/mol. The van der Waals surface area contributed by atoms with Gasteiger partial charge in [0.25, 0.3) is 0 Å². The zero-order valence-corrected chi connectivity index (χ0v) is 14.9. The van der Waals surface area contributed by atoms with Crippen LogP contribution in [0.3, 0.4) is 0 Å². The molecule has 0 fully saturated rings. The first-order valence-corrected chi connectivity index (χ1v) is 8.41. The standard InChI is InChI=1S/C19H13ClFN3O3/c1-27-18(25)17-15-9-22-16(11-4-2-3-5-13(11)21)12-8-10(20)6-7-14(12)24(15)19(26)23-17/h2-8H,9H2,1H3,(H,23,26). The lowest BCUT2D eigenvalue weighted by Gasteiger charge is -2.12. The molecule has 0 spiro atoms. The number of benzene rings is 2. The maximum Gasteiger partial charge on any atom is 0.356 e. The Labute approximate surface area is 157 Å². The maximum absolute atomic E-state index is 14.4. The highest BCUT2D eigenvalue weighted by atomic mass is 35.5. The number of ether oxygens (including phenoxy) is 1. The average Bonchev–Trinajstić information content (AvgIpc) is 2.89. The number of carbonyl (C=O) groups excluding carboxylic acids is 1. The van der Waals surface area contributed by atoms with Gasteiger partial charge in [0.15, 0.2) is 5.69 Å². The summed E-state index contributed by atoms with van der Waals surface area (Å²) in [6.45, 7) is -0.0147. The first-order valence-electron chi connectivity index (χ1n) is 8.03. The molecule has 8 heteroatoms. The van der Waals surface area contributed by atoms with Crippen LogP contribution >= 0.6 is 11.6 Å². The van der Waals surface area contributed by atoms with Crippen molar-refractivity contribution < 1.29 is 13.9 Å². The summed E-state index contributed by atoms with van der Waals surface area (Å²) in [6, 6.07) is 11.1. The summed E-state index contributed by atoms with van der Waals surface area (Å²) < 4.78 is 20.5. The second-order valence-electron chi connectivity index (χ2n) is 5.88. The number of nitrogens with one attached hydrogen (secondary N) is 1. The summed E-state index contributed by atoms with van der Waals surface area (Å²) in [5.74, 6) is -1.13. The van der Waals surface area contributed by atoms with Crippen molar-refractivity contribution in [1.82, 2.24) is 9.55 Å². The van der Waals surface area contributed by atoms with Gasteiger partial charge >= 0.3 is 11.7 Å². The number of rotatable bonds is 2. The summed E-state index contributed by atoms with van der Waals surface area (Å²) in [4.78, 5) is 31.6. The van der Waals surface area contributed by atoms with E-state index in [0.29, 0.717) is 27.7 Å². The van der Waals surface area contributed by atoms with Crippen molar-refractivity contribution in [3.05, 3.63) is 86.3 Å². The van der Waals surface area contributed by atoms with Gasteiger partial charge in [-0.25, -0.2) is 14.0 Å². The second-order valence-corrected chi connectivity index (χ2v) is 6.32. The van der Waals surface area contributed by atoms with Crippen molar-refractivity contribution in [2.45, 2.75) is 6.54 Å². The molecule has 1 aliphatic heterocycles. The average molecular weight is 386 g/mol. The van der Waals surface area contributed by atoms with E-state index in [9.17, 15) is 14.0 Å². The SMILES string of the molecule is COC(=O)c1[nH]c(=O)n2c1CN=C(c1ccccc1F)c1cc(Cl)ccc1-2. The fraction of sp³-hybridized carbons (Fsp3) is 0.105. The van der Waals surface area contributed by atoms with Gasteiger partial charge < -0.3 is 4.74 Å². The Bertz CT molecular complexity index is 1160. The van der Waals surface area contributed by atoms with Crippen molar-refractivity contribution in [3.8, 4) is 5.69 Å². The van der Waals surface area contributed by atoms with Crippen LogP contribution in [0.15, 0.2) is 52.3 Å². The molecule has 2 aromatic carbocycles. The summed E-state index contributed by atoms with van der Waals surface area (Å²) in [7, 11) is 1.23. The van der Waals surface area contributed by atoms with E-state index in [4.69, 9.17) is 16.3 Å². The number of carbonyl (C=O) groups is 1. The lowest BCUT2D eigenvalue weighted by atomic mass is 10.00. The molecule has 4 rings (SSSR count). The molecular weight excluding hydrogens is 373 g/mol. The van der Waals surface area contributed by atoms with Crippen LogP contribution in [0, 0.1) is 5.82 Å². The molecule has 27 heavy (non-hydrogen) atoms. The molecule has 2 heterocycles. The molecule has 0 bridgehead atoms. The van der Waals surface area contributed by atoms with E-state index in [1.165, 1.54) is 17.7 Å².